The minimum Gasteiger partial charge on any atom is -0.319 e. The largest absolute Gasteiger partial charge is 0.325 e. The third-order valence-corrected chi connectivity index (χ3v) is 5.09. The van der Waals surface area contributed by atoms with E-state index in [1.54, 1.807) is 12.1 Å². The van der Waals surface area contributed by atoms with E-state index in [4.69, 9.17) is 11.6 Å². The number of carbonyl (C=O) groups is 2. The molecule has 27 heavy (non-hydrogen) atoms. The highest BCUT2D eigenvalue weighted by Crippen LogP contribution is 2.32. The van der Waals surface area contributed by atoms with Gasteiger partial charge in [-0.05, 0) is 25.1 Å². The standard InChI is InChI=1S/C20H15ClFN3O2/c1-20(14-7-3-4-8-15(14)22)18(26)25(19(27)24-20)11-13-10-12-6-2-5-9-16(12)23-17(13)21/h2-10H,11H2,1H3,(H,24,27). The Labute approximate surface area is 159 Å². The number of hydrogen-bond acceptors (Lipinski definition) is 3. The van der Waals surface area contributed by atoms with E-state index in [9.17, 15) is 14.0 Å². The fourth-order valence-corrected chi connectivity index (χ4v) is 3.51. The summed E-state index contributed by atoms with van der Waals surface area (Å²) in [4.78, 5) is 30.8. The number of fused-ring (bicyclic) bond motifs is 1. The highest BCUT2D eigenvalue weighted by atomic mass is 35.5. The average Bonchev–Trinajstić information content (AvgIpc) is 2.86. The molecule has 3 aromatic rings. The van der Waals surface area contributed by atoms with E-state index < -0.39 is 23.3 Å². The maximum absolute atomic E-state index is 14.2. The summed E-state index contributed by atoms with van der Waals surface area (Å²) in [6.07, 6.45) is 0. The Bertz CT molecular complexity index is 1090. The van der Waals surface area contributed by atoms with Crippen LogP contribution >= 0.6 is 11.6 Å². The minimum absolute atomic E-state index is 0.0502. The summed E-state index contributed by atoms with van der Waals surface area (Å²) < 4.78 is 14.2. The van der Waals surface area contributed by atoms with E-state index >= 15 is 0 Å². The molecule has 1 atom stereocenters. The van der Waals surface area contributed by atoms with Crippen molar-refractivity contribution in [1.29, 1.82) is 0 Å². The number of halogens is 2. The molecule has 3 amide bonds. The van der Waals surface area contributed by atoms with Crippen molar-refractivity contribution in [2.75, 3.05) is 0 Å². The number of carbonyl (C=O) groups excluding carboxylic acids is 2. The number of para-hydroxylation sites is 1. The molecule has 136 valence electrons. The predicted molar refractivity (Wildman–Crippen MR) is 99.6 cm³/mol. The van der Waals surface area contributed by atoms with E-state index in [2.05, 4.69) is 10.3 Å². The second kappa shape index (κ2) is 6.32. The van der Waals surface area contributed by atoms with E-state index in [0.717, 1.165) is 15.8 Å². The lowest BCUT2D eigenvalue weighted by molar-refractivity contribution is -0.131. The maximum Gasteiger partial charge on any atom is 0.325 e. The van der Waals surface area contributed by atoms with Gasteiger partial charge in [0.2, 0.25) is 0 Å². The fourth-order valence-electron chi connectivity index (χ4n) is 3.31. The van der Waals surface area contributed by atoms with Crippen molar-refractivity contribution in [3.8, 4) is 0 Å². The van der Waals surface area contributed by atoms with Crippen LogP contribution in [0.2, 0.25) is 5.15 Å². The molecule has 1 aliphatic heterocycles. The first-order chi connectivity index (χ1) is 12.9. The summed E-state index contributed by atoms with van der Waals surface area (Å²) in [6.45, 7) is 1.44. The molecular weight excluding hydrogens is 369 g/mol. The van der Waals surface area contributed by atoms with Gasteiger partial charge in [-0.25, -0.2) is 14.2 Å². The van der Waals surface area contributed by atoms with E-state index in [-0.39, 0.29) is 17.3 Å². The molecule has 0 saturated carbocycles. The number of imide groups is 1. The van der Waals surface area contributed by atoms with Crippen molar-refractivity contribution in [3.05, 3.63) is 76.7 Å². The van der Waals surface area contributed by atoms with Crippen molar-refractivity contribution in [2.45, 2.75) is 19.0 Å². The molecule has 2 heterocycles. The van der Waals surface area contributed by atoms with Gasteiger partial charge in [0.25, 0.3) is 5.91 Å². The van der Waals surface area contributed by atoms with Crippen molar-refractivity contribution in [3.63, 3.8) is 0 Å². The number of nitrogens with zero attached hydrogens (tertiary/aromatic N) is 2. The molecule has 5 nitrogen and oxygen atoms in total. The maximum atomic E-state index is 14.2. The summed E-state index contributed by atoms with van der Waals surface area (Å²) in [5.74, 6) is -1.09. The Morgan fingerprint density at radius 2 is 1.85 bits per heavy atom. The lowest BCUT2D eigenvalue weighted by Crippen LogP contribution is -2.41. The van der Waals surface area contributed by atoms with E-state index in [0.29, 0.717) is 5.56 Å². The van der Waals surface area contributed by atoms with Crippen LogP contribution in [-0.2, 0) is 16.9 Å². The number of amides is 3. The van der Waals surface area contributed by atoms with Gasteiger partial charge in [0.1, 0.15) is 16.5 Å². The monoisotopic (exact) mass is 383 g/mol. The zero-order chi connectivity index (χ0) is 19.2. The number of benzene rings is 2. The molecule has 0 bridgehead atoms. The summed E-state index contributed by atoms with van der Waals surface area (Å²) >= 11 is 6.25. The van der Waals surface area contributed by atoms with Crippen LogP contribution in [0, 0.1) is 5.82 Å². The Morgan fingerprint density at radius 1 is 1.15 bits per heavy atom. The first-order valence-corrected chi connectivity index (χ1v) is 8.71. The normalized spacial score (nSPS) is 19.6. The number of aromatic nitrogens is 1. The molecule has 0 radical (unpaired) electrons. The van der Waals surface area contributed by atoms with Gasteiger partial charge >= 0.3 is 6.03 Å². The van der Waals surface area contributed by atoms with Gasteiger partial charge in [-0.3, -0.25) is 9.69 Å². The third kappa shape index (κ3) is 2.82. The molecule has 1 unspecified atom stereocenters. The van der Waals surface area contributed by atoms with Gasteiger partial charge in [0.05, 0.1) is 12.1 Å². The Morgan fingerprint density at radius 3 is 2.63 bits per heavy atom. The molecule has 4 rings (SSSR count). The molecule has 1 N–H and O–H groups in total. The fraction of sp³-hybridized carbons (Fsp3) is 0.150. The Balaban J connectivity index is 1.69. The average molecular weight is 384 g/mol. The van der Waals surface area contributed by atoms with Crippen LogP contribution in [0.4, 0.5) is 9.18 Å². The quantitative estimate of drug-likeness (QED) is 0.549. The number of rotatable bonds is 3. The number of hydrogen-bond donors (Lipinski definition) is 1. The Hall–Kier alpha value is -2.99. The van der Waals surface area contributed by atoms with Gasteiger partial charge in [-0.1, -0.05) is 48.0 Å². The van der Waals surface area contributed by atoms with Gasteiger partial charge < -0.3 is 5.32 Å². The SMILES string of the molecule is CC1(c2ccccc2F)NC(=O)N(Cc2cc3ccccc3nc2Cl)C1=O. The van der Waals surface area contributed by atoms with Crippen LogP contribution in [0.1, 0.15) is 18.1 Å². The van der Waals surface area contributed by atoms with Crippen molar-refractivity contribution >= 4 is 34.4 Å². The molecule has 1 aromatic heterocycles. The van der Waals surface area contributed by atoms with Gasteiger partial charge in [-0.15, -0.1) is 0 Å². The summed E-state index contributed by atoms with van der Waals surface area (Å²) in [5.41, 5.74) is -0.0935. The first kappa shape index (κ1) is 17.4. The lowest BCUT2D eigenvalue weighted by Gasteiger charge is -2.22. The second-order valence-corrected chi connectivity index (χ2v) is 6.92. The molecule has 1 saturated heterocycles. The zero-order valence-electron chi connectivity index (χ0n) is 14.4. The van der Waals surface area contributed by atoms with Crippen LogP contribution < -0.4 is 5.32 Å². The van der Waals surface area contributed by atoms with Crippen LogP contribution in [0.3, 0.4) is 0 Å². The van der Waals surface area contributed by atoms with Gasteiger partial charge in [0, 0.05) is 16.5 Å². The van der Waals surface area contributed by atoms with Crippen molar-refractivity contribution < 1.29 is 14.0 Å². The summed E-state index contributed by atoms with van der Waals surface area (Å²) in [7, 11) is 0. The topological polar surface area (TPSA) is 62.3 Å². The second-order valence-electron chi connectivity index (χ2n) is 6.56. The zero-order valence-corrected chi connectivity index (χ0v) is 15.1. The number of urea groups is 1. The third-order valence-electron chi connectivity index (χ3n) is 4.77. The Kier molecular flexibility index (Phi) is 4.08. The molecule has 1 fully saturated rings. The smallest absolute Gasteiger partial charge is 0.319 e. The highest BCUT2D eigenvalue weighted by molar-refractivity contribution is 6.30. The lowest BCUT2D eigenvalue weighted by atomic mass is 9.91. The predicted octanol–water partition coefficient (Wildman–Crippen LogP) is 3.99. The summed E-state index contributed by atoms with van der Waals surface area (Å²) in [5, 5.41) is 3.66. The van der Waals surface area contributed by atoms with Gasteiger partial charge in [0.15, 0.2) is 0 Å². The number of nitrogens with one attached hydrogen (secondary N) is 1. The molecule has 1 aliphatic rings. The van der Waals surface area contributed by atoms with Crippen molar-refractivity contribution in [1.82, 2.24) is 15.2 Å². The number of pyridine rings is 1. The minimum atomic E-state index is -1.47. The molecule has 0 aliphatic carbocycles. The van der Waals surface area contributed by atoms with E-state index in [1.807, 2.05) is 24.3 Å². The molecule has 7 heteroatoms. The molecule has 0 spiro atoms. The molecule has 2 aromatic carbocycles. The van der Waals surface area contributed by atoms with Crippen molar-refractivity contribution in [2.24, 2.45) is 0 Å². The van der Waals surface area contributed by atoms with Crippen LogP contribution in [0.25, 0.3) is 10.9 Å². The van der Waals surface area contributed by atoms with Gasteiger partial charge in [-0.2, -0.15) is 0 Å². The van der Waals surface area contributed by atoms with Crippen LogP contribution in [-0.4, -0.2) is 21.8 Å². The molecular formula is C20H15ClFN3O2. The highest BCUT2D eigenvalue weighted by Gasteiger charge is 2.50. The van der Waals surface area contributed by atoms with E-state index in [1.165, 1.54) is 25.1 Å². The van der Waals surface area contributed by atoms with Crippen LogP contribution in [0.5, 0.6) is 0 Å². The first-order valence-electron chi connectivity index (χ1n) is 8.33. The van der Waals surface area contributed by atoms with Crippen LogP contribution in [0.15, 0.2) is 54.6 Å². The summed E-state index contributed by atoms with van der Waals surface area (Å²) in [6, 6.07) is 14.5.